The van der Waals surface area contributed by atoms with E-state index in [0.29, 0.717) is 10.8 Å². The minimum atomic E-state index is 0.406. The van der Waals surface area contributed by atoms with Crippen LogP contribution in [0.4, 0.5) is 0 Å². The number of likely N-dealkylation sites (tertiary alicyclic amines) is 2. The van der Waals surface area contributed by atoms with Crippen molar-refractivity contribution in [2.75, 3.05) is 32.7 Å². The van der Waals surface area contributed by atoms with E-state index < -0.39 is 0 Å². The number of nitrogens with zero attached hydrogens (tertiary/aromatic N) is 4. The lowest BCUT2D eigenvalue weighted by Crippen LogP contribution is -2.47. The Balaban J connectivity index is 1.60. The standard InChI is InChI=1S/C19H34N4/c1-16-20-11-17(21(16)5)12-22-10-8-19(14-22)7-6-9-23(15-19)13-18(2,3)4/h11H,6-10,12-15H2,1-5H3. The van der Waals surface area contributed by atoms with E-state index in [2.05, 4.69) is 54.1 Å². The molecular formula is C19H34N4. The van der Waals surface area contributed by atoms with Crippen LogP contribution in [0.1, 0.15) is 51.6 Å². The van der Waals surface area contributed by atoms with E-state index in [-0.39, 0.29) is 0 Å². The summed E-state index contributed by atoms with van der Waals surface area (Å²) in [6.07, 6.45) is 6.20. The summed E-state index contributed by atoms with van der Waals surface area (Å²) < 4.78 is 2.23. The van der Waals surface area contributed by atoms with Gasteiger partial charge in [-0.05, 0) is 50.1 Å². The van der Waals surface area contributed by atoms with Crippen molar-refractivity contribution in [1.29, 1.82) is 0 Å². The molecule has 2 aliphatic heterocycles. The Labute approximate surface area is 141 Å². The van der Waals surface area contributed by atoms with Crippen LogP contribution in [0.5, 0.6) is 0 Å². The fraction of sp³-hybridized carbons (Fsp3) is 0.842. The average molecular weight is 319 g/mol. The van der Waals surface area contributed by atoms with Crippen LogP contribution in [0, 0.1) is 17.8 Å². The van der Waals surface area contributed by atoms with Crippen LogP contribution in [0.3, 0.4) is 0 Å². The summed E-state index contributed by atoms with van der Waals surface area (Å²) in [4.78, 5) is 9.82. The highest BCUT2D eigenvalue weighted by Crippen LogP contribution is 2.40. The van der Waals surface area contributed by atoms with Gasteiger partial charge in [-0.25, -0.2) is 4.98 Å². The molecule has 0 radical (unpaired) electrons. The van der Waals surface area contributed by atoms with Gasteiger partial charge in [0, 0.05) is 39.4 Å². The molecular weight excluding hydrogens is 284 g/mol. The third-order valence-electron chi connectivity index (χ3n) is 5.66. The van der Waals surface area contributed by atoms with Gasteiger partial charge in [-0.15, -0.1) is 0 Å². The summed E-state index contributed by atoms with van der Waals surface area (Å²) >= 11 is 0. The first-order chi connectivity index (χ1) is 10.8. The van der Waals surface area contributed by atoms with Gasteiger partial charge in [-0.2, -0.15) is 0 Å². The Kier molecular flexibility index (Phi) is 4.58. The van der Waals surface area contributed by atoms with Crippen LogP contribution in [0.2, 0.25) is 0 Å². The van der Waals surface area contributed by atoms with Crippen LogP contribution in [0.25, 0.3) is 0 Å². The second kappa shape index (κ2) is 6.21. The highest BCUT2D eigenvalue weighted by atomic mass is 15.2. The minimum absolute atomic E-state index is 0.406. The molecule has 2 fully saturated rings. The zero-order chi connectivity index (χ0) is 16.7. The van der Waals surface area contributed by atoms with Crippen LogP contribution < -0.4 is 0 Å². The molecule has 0 aromatic carbocycles. The number of imidazole rings is 1. The Morgan fingerprint density at radius 2 is 1.87 bits per heavy atom. The summed E-state index contributed by atoms with van der Waals surface area (Å²) in [5, 5.41) is 0. The Hall–Kier alpha value is -0.870. The molecule has 3 rings (SSSR count). The number of rotatable bonds is 3. The molecule has 1 spiro atoms. The van der Waals surface area contributed by atoms with E-state index in [0.717, 1.165) is 12.4 Å². The smallest absolute Gasteiger partial charge is 0.105 e. The quantitative estimate of drug-likeness (QED) is 0.856. The normalized spacial score (nSPS) is 27.2. The number of hydrogen-bond donors (Lipinski definition) is 0. The molecule has 0 bridgehead atoms. The molecule has 1 unspecified atom stereocenters. The topological polar surface area (TPSA) is 24.3 Å². The zero-order valence-corrected chi connectivity index (χ0v) is 15.7. The van der Waals surface area contributed by atoms with Gasteiger partial charge in [0.05, 0.1) is 5.69 Å². The Bertz CT molecular complexity index is 542. The van der Waals surface area contributed by atoms with Crippen molar-refractivity contribution >= 4 is 0 Å². The van der Waals surface area contributed by atoms with Gasteiger partial charge in [0.15, 0.2) is 0 Å². The fourth-order valence-electron chi connectivity index (χ4n) is 4.54. The molecule has 130 valence electrons. The summed E-state index contributed by atoms with van der Waals surface area (Å²) in [5.41, 5.74) is 2.29. The van der Waals surface area contributed by atoms with Crippen molar-refractivity contribution in [3.8, 4) is 0 Å². The number of piperidine rings is 1. The molecule has 1 aromatic heterocycles. The summed E-state index contributed by atoms with van der Waals surface area (Å²) in [6.45, 7) is 16.5. The van der Waals surface area contributed by atoms with E-state index >= 15 is 0 Å². The summed E-state index contributed by atoms with van der Waals surface area (Å²) in [5.74, 6) is 1.11. The highest BCUT2D eigenvalue weighted by Gasteiger charge is 2.41. The number of hydrogen-bond acceptors (Lipinski definition) is 3. The van der Waals surface area contributed by atoms with Gasteiger partial charge in [0.1, 0.15) is 5.82 Å². The lowest BCUT2D eigenvalue weighted by atomic mass is 9.78. The highest BCUT2D eigenvalue weighted by molar-refractivity contribution is 5.05. The van der Waals surface area contributed by atoms with E-state index in [1.807, 2.05) is 6.20 Å². The third kappa shape index (κ3) is 3.97. The van der Waals surface area contributed by atoms with E-state index in [9.17, 15) is 0 Å². The predicted molar refractivity (Wildman–Crippen MR) is 95.4 cm³/mol. The fourth-order valence-corrected chi connectivity index (χ4v) is 4.54. The first-order valence-corrected chi connectivity index (χ1v) is 9.18. The van der Waals surface area contributed by atoms with Gasteiger partial charge >= 0.3 is 0 Å². The molecule has 0 amide bonds. The Morgan fingerprint density at radius 3 is 2.52 bits per heavy atom. The lowest BCUT2D eigenvalue weighted by molar-refractivity contribution is 0.0671. The monoisotopic (exact) mass is 318 g/mol. The zero-order valence-electron chi connectivity index (χ0n) is 15.7. The lowest BCUT2D eigenvalue weighted by Gasteiger charge is -2.42. The van der Waals surface area contributed by atoms with Crippen LogP contribution in [-0.2, 0) is 13.6 Å². The van der Waals surface area contributed by atoms with Crippen molar-refractivity contribution in [1.82, 2.24) is 19.4 Å². The molecule has 0 saturated carbocycles. The van der Waals surface area contributed by atoms with Gasteiger partial charge < -0.3 is 9.47 Å². The Morgan fingerprint density at radius 1 is 1.13 bits per heavy atom. The molecule has 3 heterocycles. The van der Waals surface area contributed by atoms with Gasteiger partial charge in [0.2, 0.25) is 0 Å². The number of aromatic nitrogens is 2. The maximum atomic E-state index is 4.44. The molecule has 23 heavy (non-hydrogen) atoms. The molecule has 0 N–H and O–H groups in total. The molecule has 1 atom stereocenters. The first-order valence-electron chi connectivity index (χ1n) is 9.18. The maximum Gasteiger partial charge on any atom is 0.105 e. The second-order valence-electron chi connectivity index (χ2n) is 9.19. The molecule has 2 aliphatic rings. The largest absolute Gasteiger partial charge is 0.334 e. The molecule has 0 aliphatic carbocycles. The molecule has 2 saturated heterocycles. The van der Waals surface area contributed by atoms with Crippen LogP contribution in [0.15, 0.2) is 6.20 Å². The SMILES string of the molecule is Cc1ncc(CN2CCC3(CCCN(CC(C)(C)C)C3)C2)n1C. The maximum absolute atomic E-state index is 4.44. The van der Waals surface area contributed by atoms with Crippen molar-refractivity contribution in [3.63, 3.8) is 0 Å². The van der Waals surface area contributed by atoms with Gasteiger partial charge in [-0.1, -0.05) is 20.8 Å². The average Bonchev–Trinajstić information content (AvgIpc) is 2.96. The van der Waals surface area contributed by atoms with E-state index in [4.69, 9.17) is 0 Å². The number of aryl methyl sites for hydroxylation is 1. The summed E-state index contributed by atoms with van der Waals surface area (Å²) in [7, 11) is 2.13. The molecule has 4 heteroatoms. The van der Waals surface area contributed by atoms with Crippen LogP contribution in [-0.4, -0.2) is 52.1 Å². The van der Waals surface area contributed by atoms with Crippen molar-refractivity contribution in [3.05, 3.63) is 17.7 Å². The van der Waals surface area contributed by atoms with Gasteiger partial charge in [-0.3, -0.25) is 4.90 Å². The second-order valence-corrected chi connectivity index (χ2v) is 9.19. The predicted octanol–water partition coefficient (Wildman–Crippen LogP) is 3.06. The first kappa shape index (κ1) is 17.0. The van der Waals surface area contributed by atoms with Gasteiger partial charge in [0.25, 0.3) is 0 Å². The minimum Gasteiger partial charge on any atom is -0.334 e. The summed E-state index contributed by atoms with van der Waals surface area (Å²) in [6, 6.07) is 0. The van der Waals surface area contributed by atoms with Crippen molar-refractivity contribution < 1.29 is 0 Å². The van der Waals surface area contributed by atoms with Crippen LogP contribution >= 0.6 is 0 Å². The van der Waals surface area contributed by atoms with E-state index in [1.165, 1.54) is 57.7 Å². The third-order valence-corrected chi connectivity index (χ3v) is 5.66. The molecule has 4 nitrogen and oxygen atoms in total. The van der Waals surface area contributed by atoms with E-state index in [1.54, 1.807) is 0 Å². The van der Waals surface area contributed by atoms with Crippen molar-refractivity contribution in [2.45, 2.75) is 53.5 Å². The molecule has 1 aromatic rings. The van der Waals surface area contributed by atoms with Crippen molar-refractivity contribution in [2.24, 2.45) is 17.9 Å².